The molecule has 0 saturated carbocycles. The lowest BCUT2D eigenvalue weighted by molar-refractivity contribution is 0.812. The molecule has 0 radical (unpaired) electrons. The second kappa shape index (κ2) is 5.34. The van der Waals surface area contributed by atoms with Crippen LogP contribution in [0.1, 0.15) is 5.69 Å². The average Bonchev–Trinajstić information content (AvgIpc) is 2.86. The predicted octanol–water partition coefficient (Wildman–Crippen LogP) is 2.55. The summed E-state index contributed by atoms with van der Waals surface area (Å²) in [4.78, 5) is 8.20. The van der Waals surface area contributed by atoms with Gasteiger partial charge in [-0.1, -0.05) is 28.1 Å². The van der Waals surface area contributed by atoms with Gasteiger partial charge in [-0.05, 0) is 23.8 Å². The third-order valence-corrected chi connectivity index (χ3v) is 3.43. The van der Waals surface area contributed by atoms with Crippen LogP contribution in [0.3, 0.4) is 0 Å². The van der Waals surface area contributed by atoms with E-state index in [0.29, 0.717) is 17.3 Å². The highest BCUT2D eigenvalue weighted by atomic mass is 79.9. The van der Waals surface area contributed by atoms with Crippen molar-refractivity contribution in [1.29, 1.82) is 5.26 Å². The minimum absolute atomic E-state index is 0.238. The van der Waals surface area contributed by atoms with Gasteiger partial charge in [0.15, 0.2) is 5.69 Å². The van der Waals surface area contributed by atoms with Crippen LogP contribution >= 0.6 is 15.9 Å². The van der Waals surface area contributed by atoms with Gasteiger partial charge in [0, 0.05) is 16.9 Å². The second-order valence-electron chi connectivity index (χ2n) is 4.19. The summed E-state index contributed by atoms with van der Waals surface area (Å²) in [7, 11) is 0. The summed E-state index contributed by atoms with van der Waals surface area (Å²) in [5.41, 5.74) is 7.77. The molecule has 0 saturated heterocycles. The first-order valence-corrected chi connectivity index (χ1v) is 6.82. The molecule has 6 nitrogen and oxygen atoms in total. The number of anilines is 1. The Morgan fingerprint density at radius 1 is 1.14 bits per heavy atom. The van der Waals surface area contributed by atoms with Crippen molar-refractivity contribution in [1.82, 2.24) is 19.7 Å². The van der Waals surface area contributed by atoms with Gasteiger partial charge in [-0.2, -0.15) is 15.0 Å². The lowest BCUT2D eigenvalue weighted by Crippen LogP contribution is -2.06. The SMILES string of the molecule is N#Cc1nn(-c2ncccn2)c(N)c1-c1ccc(Br)cc1. The van der Waals surface area contributed by atoms with Crippen molar-refractivity contribution in [2.45, 2.75) is 0 Å². The number of nitrogen functional groups attached to an aromatic ring is 1. The van der Waals surface area contributed by atoms with Gasteiger partial charge >= 0.3 is 0 Å². The Kier molecular flexibility index (Phi) is 3.38. The average molecular weight is 341 g/mol. The fraction of sp³-hybridized carbons (Fsp3) is 0. The zero-order chi connectivity index (χ0) is 14.8. The zero-order valence-electron chi connectivity index (χ0n) is 10.7. The number of hydrogen-bond donors (Lipinski definition) is 1. The maximum Gasteiger partial charge on any atom is 0.252 e. The van der Waals surface area contributed by atoms with Crippen molar-refractivity contribution < 1.29 is 0 Å². The number of rotatable bonds is 2. The lowest BCUT2D eigenvalue weighted by atomic mass is 10.1. The number of nitrogens with zero attached hydrogens (tertiary/aromatic N) is 5. The minimum atomic E-state index is 0.238. The van der Waals surface area contributed by atoms with Crippen LogP contribution in [0.15, 0.2) is 47.2 Å². The molecule has 0 unspecified atom stereocenters. The molecule has 21 heavy (non-hydrogen) atoms. The van der Waals surface area contributed by atoms with E-state index >= 15 is 0 Å². The lowest BCUT2D eigenvalue weighted by Gasteiger charge is -2.03. The summed E-state index contributed by atoms with van der Waals surface area (Å²) in [5.74, 6) is 0.662. The third-order valence-electron chi connectivity index (χ3n) is 2.90. The summed E-state index contributed by atoms with van der Waals surface area (Å²) in [6.45, 7) is 0. The van der Waals surface area contributed by atoms with Crippen molar-refractivity contribution in [3.05, 3.63) is 52.9 Å². The van der Waals surface area contributed by atoms with Gasteiger partial charge in [0.05, 0.1) is 5.56 Å². The Balaban J connectivity index is 2.20. The van der Waals surface area contributed by atoms with Crippen molar-refractivity contribution in [3.63, 3.8) is 0 Å². The highest BCUT2D eigenvalue weighted by Gasteiger charge is 2.19. The molecule has 0 aliphatic carbocycles. The van der Waals surface area contributed by atoms with Crippen molar-refractivity contribution in [2.75, 3.05) is 5.73 Å². The number of nitrogens with two attached hydrogens (primary N) is 1. The molecule has 0 aliphatic rings. The zero-order valence-corrected chi connectivity index (χ0v) is 12.3. The molecule has 0 bridgehead atoms. The molecule has 0 fully saturated rings. The monoisotopic (exact) mass is 340 g/mol. The summed E-state index contributed by atoms with van der Waals surface area (Å²) in [6.07, 6.45) is 3.18. The van der Waals surface area contributed by atoms with E-state index in [0.717, 1.165) is 10.0 Å². The summed E-state index contributed by atoms with van der Waals surface area (Å²) >= 11 is 3.38. The molecule has 2 heterocycles. The molecule has 0 amide bonds. The smallest absolute Gasteiger partial charge is 0.252 e. The first kappa shape index (κ1) is 13.3. The van der Waals surface area contributed by atoms with Gasteiger partial charge in [0.2, 0.25) is 0 Å². The van der Waals surface area contributed by atoms with E-state index < -0.39 is 0 Å². The van der Waals surface area contributed by atoms with E-state index in [1.807, 2.05) is 24.3 Å². The molecule has 2 aromatic heterocycles. The molecule has 102 valence electrons. The van der Waals surface area contributed by atoms with E-state index in [4.69, 9.17) is 5.73 Å². The van der Waals surface area contributed by atoms with Crippen LogP contribution in [0, 0.1) is 11.3 Å². The van der Waals surface area contributed by atoms with Crippen molar-refractivity contribution in [2.24, 2.45) is 0 Å². The van der Waals surface area contributed by atoms with Crippen LogP contribution in [0.25, 0.3) is 17.1 Å². The standard InChI is InChI=1S/C14H9BrN6/c15-10-4-2-9(3-5-10)12-11(8-16)20-21(13(12)17)14-18-6-1-7-19-14/h1-7H,17H2. The van der Waals surface area contributed by atoms with E-state index in [1.54, 1.807) is 18.5 Å². The molecule has 3 rings (SSSR count). The number of benzene rings is 1. The van der Waals surface area contributed by atoms with Crippen molar-refractivity contribution in [3.8, 4) is 23.1 Å². The van der Waals surface area contributed by atoms with Gasteiger partial charge in [0.25, 0.3) is 5.95 Å². The van der Waals surface area contributed by atoms with Crippen LogP contribution in [-0.2, 0) is 0 Å². The van der Waals surface area contributed by atoms with Crippen LogP contribution < -0.4 is 5.73 Å². The number of halogens is 1. The number of hydrogen-bond acceptors (Lipinski definition) is 5. The summed E-state index contributed by atoms with van der Waals surface area (Å²) in [6, 6.07) is 11.3. The fourth-order valence-electron chi connectivity index (χ4n) is 1.96. The van der Waals surface area contributed by atoms with E-state index in [-0.39, 0.29) is 5.69 Å². The highest BCUT2D eigenvalue weighted by molar-refractivity contribution is 9.10. The Bertz CT molecular complexity index is 817. The number of nitriles is 1. The maximum atomic E-state index is 9.29. The first-order valence-electron chi connectivity index (χ1n) is 6.02. The van der Waals surface area contributed by atoms with E-state index in [9.17, 15) is 5.26 Å². The summed E-state index contributed by atoms with van der Waals surface area (Å²) < 4.78 is 2.32. The van der Waals surface area contributed by atoms with Gasteiger partial charge in [-0.3, -0.25) is 0 Å². The number of aromatic nitrogens is 4. The van der Waals surface area contributed by atoms with Crippen LogP contribution in [-0.4, -0.2) is 19.7 Å². The molecule has 0 atom stereocenters. The molecule has 0 aliphatic heterocycles. The van der Waals surface area contributed by atoms with Crippen LogP contribution in [0.2, 0.25) is 0 Å². The second-order valence-corrected chi connectivity index (χ2v) is 5.10. The molecular formula is C14H9BrN6. The Hall–Kier alpha value is -2.72. The molecule has 3 aromatic rings. The molecule has 0 spiro atoms. The molecule has 1 aromatic carbocycles. The maximum absolute atomic E-state index is 9.29. The highest BCUT2D eigenvalue weighted by Crippen LogP contribution is 2.31. The van der Waals surface area contributed by atoms with Gasteiger partial charge < -0.3 is 5.73 Å². The first-order chi connectivity index (χ1) is 10.2. The van der Waals surface area contributed by atoms with E-state index in [1.165, 1.54) is 4.68 Å². The van der Waals surface area contributed by atoms with Crippen LogP contribution in [0.4, 0.5) is 5.82 Å². The predicted molar refractivity (Wildman–Crippen MR) is 81.4 cm³/mol. The van der Waals surface area contributed by atoms with Gasteiger partial charge in [0.1, 0.15) is 11.9 Å². The Morgan fingerprint density at radius 3 is 2.43 bits per heavy atom. The molecular weight excluding hydrogens is 332 g/mol. The molecule has 7 heteroatoms. The quantitative estimate of drug-likeness (QED) is 0.773. The largest absolute Gasteiger partial charge is 0.383 e. The fourth-order valence-corrected chi connectivity index (χ4v) is 2.23. The van der Waals surface area contributed by atoms with Gasteiger partial charge in [-0.15, -0.1) is 0 Å². The van der Waals surface area contributed by atoms with Gasteiger partial charge in [-0.25, -0.2) is 9.97 Å². The third kappa shape index (κ3) is 2.37. The van der Waals surface area contributed by atoms with E-state index in [2.05, 4.69) is 37.1 Å². The molecule has 2 N–H and O–H groups in total. The normalized spacial score (nSPS) is 10.3. The van der Waals surface area contributed by atoms with Crippen molar-refractivity contribution >= 4 is 21.7 Å². The van der Waals surface area contributed by atoms with Crippen LogP contribution in [0.5, 0.6) is 0 Å². The summed E-state index contributed by atoms with van der Waals surface area (Å²) in [5, 5.41) is 13.5. The Morgan fingerprint density at radius 2 is 1.81 bits per heavy atom. The topological polar surface area (TPSA) is 93.4 Å². The minimum Gasteiger partial charge on any atom is -0.383 e. The Labute approximate surface area is 129 Å².